The summed E-state index contributed by atoms with van der Waals surface area (Å²) in [6.45, 7) is 3.43. The van der Waals surface area contributed by atoms with Crippen molar-refractivity contribution in [3.63, 3.8) is 0 Å². The zero-order valence-electron chi connectivity index (χ0n) is 13.1. The van der Waals surface area contributed by atoms with Gasteiger partial charge in [-0.1, -0.05) is 12.1 Å². The summed E-state index contributed by atoms with van der Waals surface area (Å²) in [6.07, 6.45) is 2.76. The second kappa shape index (κ2) is 7.89. The van der Waals surface area contributed by atoms with E-state index < -0.39 is 0 Å². The van der Waals surface area contributed by atoms with Crippen LogP contribution < -0.4 is 5.32 Å². The molecule has 1 heterocycles. The molecule has 2 aromatic rings. The number of nitrogens with one attached hydrogen (secondary N) is 1. The number of aryl methyl sites for hydroxylation is 1. The van der Waals surface area contributed by atoms with Gasteiger partial charge in [-0.3, -0.25) is 4.99 Å². The lowest BCUT2D eigenvalue weighted by Crippen LogP contribution is -2.39. The molecular formula is C16H21FN4S. The summed E-state index contributed by atoms with van der Waals surface area (Å²) in [4.78, 5) is 11.8. The number of hydrogen-bond donors (Lipinski definition) is 1. The summed E-state index contributed by atoms with van der Waals surface area (Å²) in [5.74, 6) is 0.575. The lowest BCUT2D eigenvalue weighted by atomic mass is 10.2. The van der Waals surface area contributed by atoms with Crippen LogP contribution >= 0.6 is 11.3 Å². The number of thiazole rings is 1. The van der Waals surface area contributed by atoms with Gasteiger partial charge in [0.2, 0.25) is 0 Å². The second-order valence-electron chi connectivity index (χ2n) is 5.07. The molecule has 1 N–H and O–H groups in total. The highest BCUT2D eigenvalue weighted by molar-refractivity contribution is 7.11. The zero-order chi connectivity index (χ0) is 15.9. The fraction of sp³-hybridized carbons (Fsp3) is 0.375. The molecule has 0 atom stereocenters. The molecule has 1 aromatic carbocycles. The summed E-state index contributed by atoms with van der Waals surface area (Å²) in [6, 6.07) is 6.62. The third-order valence-electron chi connectivity index (χ3n) is 3.17. The lowest BCUT2D eigenvalue weighted by Gasteiger charge is -2.22. The Morgan fingerprint density at radius 2 is 2.27 bits per heavy atom. The van der Waals surface area contributed by atoms with Crippen LogP contribution in [-0.2, 0) is 13.0 Å². The third-order valence-corrected chi connectivity index (χ3v) is 4.15. The maximum absolute atomic E-state index is 13.2. The molecule has 0 aliphatic rings. The Hall–Kier alpha value is -1.95. The minimum atomic E-state index is -0.215. The van der Waals surface area contributed by atoms with Crippen molar-refractivity contribution in [1.82, 2.24) is 15.2 Å². The predicted octanol–water partition coefficient (Wildman–Crippen LogP) is 2.84. The van der Waals surface area contributed by atoms with Crippen molar-refractivity contribution in [2.75, 3.05) is 20.6 Å². The fourth-order valence-electron chi connectivity index (χ4n) is 2.17. The van der Waals surface area contributed by atoms with Gasteiger partial charge in [0.05, 0.1) is 5.01 Å². The van der Waals surface area contributed by atoms with Gasteiger partial charge in [-0.25, -0.2) is 9.37 Å². The number of benzene rings is 1. The van der Waals surface area contributed by atoms with E-state index in [1.807, 2.05) is 24.2 Å². The van der Waals surface area contributed by atoms with Crippen molar-refractivity contribution in [2.24, 2.45) is 4.99 Å². The molecule has 118 valence electrons. The first-order chi connectivity index (χ1) is 10.6. The van der Waals surface area contributed by atoms with Gasteiger partial charge >= 0.3 is 0 Å². The van der Waals surface area contributed by atoms with Crippen molar-refractivity contribution in [3.05, 3.63) is 51.7 Å². The monoisotopic (exact) mass is 320 g/mol. The number of hydrogen-bond acceptors (Lipinski definition) is 3. The van der Waals surface area contributed by atoms with Gasteiger partial charge in [0.1, 0.15) is 5.82 Å². The molecule has 0 unspecified atom stereocenters. The highest BCUT2D eigenvalue weighted by Gasteiger charge is 2.07. The van der Waals surface area contributed by atoms with Crippen molar-refractivity contribution >= 4 is 17.3 Å². The molecule has 22 heavy (non-hydrogen) atoms. The van der Waals surface area contributed by atoms with Crippen LogP contribution in [0.25, 0.3) is 0 Å². The van der Waals surface area contributed by atoms with Crippen LogP contribution in [-0.4, -0.2) is 36.5 Å². The van der Waals surface area contributed by atoms with Crippen LogP contribution in [0.2, 0.25) is 0 Å². The molecule has 0 spiro atoms. The molecule has 0 bridgehead atoms. The Labute approximate surface area is 134 Å². The van der Waals surface area contributed by atoms with Gasteiger partial charge in [0.25, 0.3) is 0 Å². The van der Waals surface area contributed by atoms with Gasteiger partial charge in [-0.05, 0) is 24.6 Å². The van der Waals surface area contributed by atoms with Gasteiger partial charge < -0.3 is 10.2 Å². The minimum absolute atomic E-state index is 0.215. The standard InChI is InChI=1S/C16H21FN4S/c1-12-10-20-15(22-12)7-8-19-16(18-2)21(3)11-13-5-4-6-14(17)9-13/h4-6,9-10H,7-8,11H2,1-3H3,(H,18,19). The first-order valence-electron chi connectivity index (χ1n) is 7.16. The van der Waals surface area contributed by atoms with E-state index in [0.29, 0.717) is 6.54 Å². The highest BCUT2D eigenvalue weighted by atomic mass is 32.1. The molecule has 6 heteroatoms. The molecule has 2 rings (SSSR count). The molecule has 0 amide bonds. The smallest absolute Gasteiger partial charge is 0.193 e. The SMILES string of the molecule is CN=C(NCCc1ncc(C)s1)N(C)Cc1cccc(F)c1. The minimum Gasteiger partial charge on any atom is -0.356 e. The molecule has 4 nitrogen and oxygen atoms in total. The normalized spacial score (nSPS) is 11.5. The number of guanidine groups is 1. The van der Waals surface area contributed by atoms with Crippen molar-refractivity contribution in [3.8, 4) is 0 Å². The first-order valence-corrected chi connectivity index (χ1v) is 7.97. The number of halogens is 1. The zero-order valence-corrected chi connectivity index (χ0v) is 14.0. The molecule has 1 aromatic heterocycles. The molecule has 0 saturated heterocycles. The topological polar surface area (TPSA) is 40.5 Å². The predicted molar refractivity (Wildman–Crippen MR) is 89.8 cm³/mol. The molecule has 0 radical (unpaired) electrons. The fourth-order valence-corrected chi connectivity index (χ4v) is 2.95. The van der Waals surface area contributed by atoms with Crippen LogP contribution in [0.1, 0.15) is 15.4 Å². The van der Waals surface area contributed by atoms with E-state index in [-0.39, 0.29) is 5.82 Å². The van der Waals surface area contributed by atoms with Crippen LogP contribution in [0.15, 0.2) is 35.5 Å². The average molecular weight is 320 g/mol. The van der Waals surface area contributed by atoms with Gasteiger partial charge in [0.15, 0.2) is 5.96 Å². The summed E-state index contributed by atoms with van der Waals surface area (Å²) >= 11 is 1.71. The molecule has 0 fully saturated rings. The number of rotatable bonds is 5. The second-order valence-corrected chi connectivity index (χ2v) is 6.39. The Kier molecular flexibility index (Phi) is 5.89. The maximum Gasteiger partial charge on any atom is 0.193 e. The van der Waals surface area contributed by atoms with E-state index in [0.717, 1.165) is 29.5 Å². The molecule has 0 aliphatic heterocycles. The molecule has 0 aliphatic carbocycles. The van der Waals surface area contributed by atoms with Crippen LogP contribution in [0.3, 0.4) is 0 Å². The molecule has 0 saturated carbocycles. The average Bonchev–Trinajstić information content (AvgIpc) is 2.89. The maximum atomic E-state index is 13.2. The van der Waals surface area contributed by atoms with E-state index >= 15 is 0 Å². The number of aliphatic imine (C=N–C) groups is 1. The highest BCUT2D eigenvalue weighted by Crippen LogP contribution is 2.11. The first kappa shape index (κ1) is 16.4. The summed E-state index contributed by atoms with van der Waals surface area (Å²) < 4.78 is 13.2. The summed E-state index contributed by atoms with van der Waals surface area (Å²) in [5.41, 5.74) is 0.918. The van der Waals surface area contributed by atoms with E-state index in [4.69, 9.17) is 0 Å². The van der Waals surface area contributed by atoms with Crippen molar-refractivity contribution < 1.29 is 4.39 Å². The van der Waals surface area contributed by atoms with E-state index in [1.165, 1.54) is 10.9 Å². The largest absolute Gasteiger partial charge is 0.356 e. The van der Waals surface area contributed by atoms with E-state index in [1.54, 1.807) is 30.5 Å². The number of aromatic nitrogens is 1. The summed E-state index contributed by atoms with van der Waals surface area (Å²) in [7, 11) is 3.69. The van der Waals surface area contributed by atoms with Crippen LogP contribution in [0.4, 0.5) is 4.39 Å². The number of nitrogens with zero attached hydrogens (tertiary/aromatic N) is 3. The van der Waals surface area contributed by atoms with Crippen molar-refractivity contribution in [2.45, 2.75) is 19.9 Å². The van der Waals surface area contributed by atoms with Gasteiger partial charge in [-0.15, -0.1) is 11.3 Å². The van der Waals surface area contributed by atoms with Crippen LogP contribution in [0.5, 0.6) is 0 Å². The van der Waals surface area contributed by atoms with Gasteiger partial charge in [0, 0.05) is 44.7 Å². The Balaban J connectivity index is 1.85. The van der Waals surface area contributed by atoms with E-state index in [2.05, 4.69) is 22.2 Å². The Morgan fingerprint density at radius 3 is 2.91 bits per heavy atom. The lowest BCUT2D eigenvalue weighted by molar-refractivity contribution is 0.475. The quantitative estimate of drug-likeness (QED) is 0.680. The Bertz CT molecular complexity index is 639. The summed E-state index contributed by atoms with van der Waals surface area (Å²) in [5, 5.41) is 4.43. The van der Waals surface area contributed by atoms with Crippen molar-refractivity contribution in [1.29, 1.82) is 0 Å². The molecular weight excluding hydrogens is 299 g/mol. The van der Waals surface area contributed by atoms with E-state index in [9.17, 15) is 4.39 Å². The van der Waals surface area contributed by atoms with Crippen LogP contribution in [0, 0.1) is 12.7 Å². The third kappa shape index (κ3) is 4.80. The Morgan fingerprint density at radius 1 is 1.45 bits per heavy atom. The van der Waals surface area contributed by atoms with Gasteiger partial charge in [-0.2, -0.15) is 0 Å².